The lowest BCUT2D eigenvalue weighted by Gasteiger charge is -2.13. The summed E-state index contributed by atoms with van der Waals surface area (Å²) in [4.78, 5) is 0. The monoisotopic (exact) mass is 264 g/mol. The Morgan fingerprint density at radius 2 is 1.74 bits per heavy atom. The van der Waals surface area contributed by atoms with E-state index >= 15 is 0 Å². The Morgan fingerprint density at radius 3 is 2.42 bits per heavy atom. The minimum atomic E-state index is -0.274. The first-order valence-corrected chi connectivity index (χ1v) is 7.28. The molecule has 1 aromatic rings. The Morgan fingerprint density at radius 1 is 1.05 bits per heavy atom. The van der Waals surface area contributed by atoms with Gasteiger partial charge >= 0.3 is 0 Å². The average Bonchev–Trinajstić information content (AvgIpc) is 3.26. The third-order valence-electron chi connectivity index (χ3n) is 3.95. The summed E-state index contributed by atoms with van der Waals surface area (Å²) < 4.78 is 25.3. The fourth-order valence-corrected chi connectivity index (χ4v) is 2.14. The van der Waals surface area contributed by atoms with Crippen molar-refractivity contribution in [3.8, 4) is 11.5 Å². The topological polar surface area (TPSA) is 18.5 Å². The van der Waals surface area contributed by atoms with E-state index in [2.05, 4.69) is 0 Å². The second kappa shape index (κ2) is 5.40. The zero-order valence-electron chi connectivity index (χ0n) is 11.5. The van der Waals surface area contributed by atoms with E-state index in [9.17, 15) is 4.39 Å². The van der Waals surface area contributed by atoms with Crippen LogP contribution in [0, 0.1) is 24.6 Å². The van der Waals surface area contributed by atoms with Crippen LogP contribution in [-0.2, 0) is 0 Å². The Balaban J connectivity index is 1.58. The van der Waals surface area contributed by atoms with Gasteiger partial charge in [-0.3, -0.25) is 0 Å². The van der Waals surface area contributed by atoms with E-state index in [0.717, 1.165) is 12.3 Å². The molecule has 0 aromatic heterocycles. The lowest BCUT2D eigenvalue weighted by atomic mass is 10.2. The summed E-state index contributed by atoms with van der Waals surface area (Å²) in [5.74, 6) is 2.22. The molecular weight excluding hydrogens is 243 g/mol. The summed E-state index contributed by atoms with van der Waals surface area (Å²) in [5.41, 5.74) is 0.560. The predicted octanol–water partition coefficient (Wildman–Crippen LogP) is 4.10. The van der Waals surface area contributed by atoms with E-state index in [1.54, 1.807) is 13.0 Å². The van der Waals surface area contributed by atoms with Gasteiger partial charge in [-0.1, -0.05) is 12.8 Å². The molecule has 0 spiro atoms. The highest BCUT2D eigenvalue weighted by Crippen LogP contribution is 2.34. The van der Waals surface area contributed by atoms with Crippen molar-refractivity contribution in [3.05, 3.63) is 23.5 Å². The highest BCUT2D eigenvalue weighted by molar-refractivity contribution is 5.41. The van der Waals surface area contributed by atoms with Crippen LogP contribution in [0.5, 0.6) is 11.5 Å². The van der Waals surface area contributed by atoms with Crippen molar-refractivity contribution in [1.82, 2.24) is 0 Å². The van der Waals surface area contributed by atoms with E-state index in [0.29, 0.717) is 36.2 Å². The van der Waals surface area contributed by atoms with E-state index in [1.807, 2.05) is 6.07 Å². The normalized spacial score (nSPS) is 18.4. The molecule has 2 aliphatic carbocycles. The molecule has 0 aliphatic heterocycles. The highest BCUT2D eigenvalue weighted by Gasteiger charge is 2.23. The smallest absolute Gasteiger partial charge is 0.171 e. The second-order valence-corrected chi connectivity index (χ2v) is 5.84. The minimum Gasteiger partial charge on any atom is -0.493 e. The Hall–Kier alpha value is -1.25. The summed E-state index contributed by atoms with van der Waals surface area (Å²) in [7, 11) is 0. The molecule has 2 nitrogen and oxygen atoms in total. The zero-order chi connectivity index (χ0) is 13.2. The Labute approximate surface area is 113 Å². The van der Waals surface area contributed by atoms with Gasteiger partial charge in [-0.05, 0) is 50.2 Å². The van der Waals surface area contributed by atoms with Crippen LogP contribution in [0.15, 0.2) is 12.1 Å². The zero-order valence-corrected chi connectivity index (χ0v) is 11.5. The van der Waals surface area contributed by atoms with Crippen LogP contribution in [0.1, 0.15) is 37.7 Å². The van der Waals surface area contributed by atoms with Crippen molar-refractivity contribution in [2.75, 3.05) is 13.2 Å². The SMILES string of the molecule is Cc1c(OCC2CC2)ccc(OCCC2CC2)c1F. The van der Waals surface area contributed by atoms with Gasteiger partial charge in [-0.25, -0.2) is 4.39 Å². The molecule has 3 rings (SSSR count). The van der Waals surface area contributed by atoms with Crippen molar-refractivity contribution in [2.24, 2.45) is 11.8 Å². The molecule has 2 saturated carbocycles. The van der Waals surface area contributed by atoms with E-state index in [-0.39, 0.29) is 5.82 Å². The molecule has 0 unspecified atom stereocenters. The van der Waals surface area contributed by atoms with Crippen LogP contribution in [0.2, 0.25) is 0 Å². The van der Waals surface area contributed by atoms with Gasteiger partial charge in [0.25, 0.3) is 0 Å². The van der Waals surface area contributed by atoms with Gasteiger partial charge in [0.15, 0.2) is 11.6 Å². The molecule has 0 amide bonds. The first-order valence-electron chi connectivity index (χ1n) is 7.28. The molecule has 0 saturated heterocycles. The highest BCUT2D eigenvalue weighted by atomic mass is 19.1. The molecule has 0 atom stereocenters. The summed E-state index contributed by atoms with van der Waals surface area (Å²) >= 11 is 0. The first kappa shape index (κ1) is 12.8. The van der Waals surface area contributed by atoms with Gasteiger partial charge in [-0.15, -0.1) is 0 Å². The third-order valence-corrected chi connectivity index (χ3v) is 3.95. The third kappa shape index (κ3) is 3.40. The molecule has 0 radical (unpaired) electrons. The van der Waals surface area contributed by atoms with Gasteiger partial charge in [0.2, 0.25) is 0 Å². The minimum absolute atomic E-state index is 0.274. The summed E-state index contributed by atoms with van der Waals surface area (Å²) in [6, 6.07) is 3.52. The van der Waals surface area contributed by atoms with Crippen LogP contribution in [0.25, 0.3) is 0 Å². The summed E-state index contributed by atoms with van der Waals surface area (Å²) in [6.07, 6.45) is 6.13. The average molecular weight is 264 g/mol. The lowest BCUT2D eigenvalue weighted by molar-refractivity contribution is 0.278. The van der Waals surface area contributed by atoms with Crippen molar-refractivity contribution in [1.29, 1.82) is 0 Å². The number of halogens is 1. The van der Waals surface area contributed by atoms with Crippen molar-refractivity contribution >= 4 is 0 Å². The first-order chi connectivity index (χ1) is 9.24. The van der Waals surface area contributed by atoms with Crippen LogP contribution in [0.4, 0.5) is 4.39 Å². The number of ether oxygens (including phenoxy) is 2. The molecule has 3 heteroatoms. The fraction of sp³-hybridized carbons (Fsp3) is 0.625. The molecule has 19 heavy (non-hydrogen) atoms. The molecule has 2 aliphatic rings. The fourth-order valence-electron chi connectivity index (χ4n) is 2.14. The summed E-state index contributed by atoms with van der Waals surface area (Å²) in [6.45, 7) is 3.08. The Kier molecular flexibility index (Phi) is 3.63. The van der Waals surface area contributed by atoms with Crippen LogP contribution < -0.4 is 9.47 Å². The molecular formula is C16H21FO2. The van der Waals surface area contributed by atoms with Crippen molar-refractivity contribution in [3.63, 3.8) is 0 Å². The number of hydrogen-bond donors (Lipinski definition) is 0. The van der Waals surface area contributed by atoms with Gasteiger partial charge in [0.05, 0.1) is 13.2 Å². The number of benzene rings is 1. The van der Waals surface area contributed by atoms with E-state index in [1.165, 1.54) is 25.7 Å². The maximum atomic E-state index is 14.1. The second-order valence-electron chi connectivity index (χ2n) is 5.84. The van der Waals surface area contributed by atoms with Gasteiger partial charge < -0.3 is 9.47 Å². The molecule has 0 N–H and O–H groups in total. The summed E-state index contributed by atoms with van der Waals surface area (Å²) in [5, 5.41) is 0. The number of hydrogen-bond acceptors (Lipinski definition) is 2. The van der Waals surface area contributed by atoms with Gasteiger partial charge in [-0.2, -0.15) is 0 Å². The molecule has 104 valence electrons. The molecule has 1 aromatic carbocycles. The van der Waals surface area contributed by atoms with E-state index < -0.39 is 0 Å². The molecule has 0 bridgehead atoms. The van der Waals surface area contributed by atoms with Gasteiger partial charge in [0, 0.05) is 5.56 Å². The van der Waals surface area contributed by atoms with E-state index in [4.69, 9.17) is 9.47 Å². The standard InChI is InChI=1S/C16H21FO2/c1-11-14(19-10-13-4-5-13)6-7-15(16(11)17)18-9-8-12-2-3-12/h6-7,12-13H,2-5,8-10H2,1H3. The number of rotatable bonds is 7. The maximum absolute atomic E-state index is 14.1. The van der Waals surface area contributed by atoms with Crippen molar-refractivity contribution in [2.45, 2.75) is 39.0 Å². The largest absolute Gasteiger partial charge is 0.493 e. The maximum Gasteiger partial charge on any atom is 0.171 e. The predicted molar refractivity (Wildman–Crippen MR) is 72.2 cm³/mol. The molecule has 2 fully saturated rings. The van der Waals surface area contributed by atoms with Crippen LogP contribution in [0.3, 0.4) is 0 Å². The van der Waals surface area contributed by atoms with Gasteiger partial charge in [0.1, 0.15) is 5.75 Å². The Bertz CT molecular complexity index is 450. The quantitative estimate of drug-likeness (QED) is 0.738. The van der Waals surface area contributed by atoms with Crippen LogP contribution >= 0.6 is 0 Å². The molecule has 0 heterocycles. The van der Waals surface area contributed by atoms with Crippen LogP contribution in [-0.4, -0.2) is 13.2 Å². The van der Waals surface area contributed by atoms with Crippen molar-refractivity contribution < 1.29 is 13.9 Å². The lowest BCUT2D eigenvalue weighted by Crippen LogP contribution is -2.04.